The second kappa shape index (κ2) is 40.6. The van der Waals surface area contributed by atoms with Crippen molar-refractivity contribution in [3.05, 3.63) is 123 Å². The summed E-state index contributed by atoms with van der Waals surface area (Å²) in [5.74, 6) is -0.394. The van der Waals surface area contributed by atoms with Gasteiger partial charge in [-0.05, 0) is 116 Å². The van der Waals surface area contributed by atoms with Crippen molar-refractivity contribution in [2.45, 2.75) is 323 Å². The van der Waals surface area contributed by atoms with E-state index in [1.54, 1.807) is 0 Å². The van der Waals surface area contributed by atoms with Crippen molar-refractivity contribution < 1.29 is 126 Å². The third-order valence-electron chi connectivity index (χ3n) is 17.7. The Labute approximate surface area is 661 Å². The minimum absolute atomic E-state index is 0. The average Bonchev–Trinajstić information content (AvgIpc) is 1.41. The van der Waals surface area contributed by atoms with Gasteiger partial charge in [-0.1, -0.05) is 216 Å². The van der Waals surface area contributed by atoms with Crippen LogP contribution in [-0.2, 0) is 113 Å². The van der Waals surface area contributed by atoms with Crippen molar-refractivity contribution in [1.29, 1.82) is 0 Å². The van der Waals surface area contributed by atoms with E-state index in [-0.39, 0.29) is 138 Å². The molecule has 2 heterocycles. The number of aliphatic carboxylic acids is 2. The molecule has 14 nitrogen and oxygen atoms in total. The zero-order valence-electron chi connectivity index (χ0n) is 67.8. The van der Waals surface area contributed by atoms with E-state index in [9.17, 15) is 46.8 Å². The first kappa shape index (κ1) is 103. The number of nitrogens with zero attached hydrogens (tertiary/aromatic N) is 4. The first-order valence-electron chi connectivity index (χ1n) is 35.5. The molecule has 0 amide bonds. The van der Waals surface area contributed by atoms with E-state index >= 15 is 0 Å². The Morgan fingerprint density at radius 2 is 0.500 bits per heavy atom. The number of aromatic hydroxyl groups is 4. The average molecular weight is 1630 g/mol. The number of rotatable bonds is 8. The number of carboxylic acids is 2. The Balaban J connectivity index is 0. The molecule has 607 valence electrons. The van der Waals surface area contributed by atoms with Gasteiger partial charge in [0.05, 0.1) is 37.4 Å². The summed E-state index contributed by atoms with van der Waals surface area (Å²) in [7, 11) is 0. The molecular weight excluding hydrogens is 1500 g/mol. The minimum Gasteiger partial charge on any atom is -0.507 e. The van der Waals surface area contributed by atoms with Crippen LogP contribution in [0.25, 0.3) is 0 Å². The maximum Gasteiger partial charge on any atom is 0.416 e. The zero-order valence-corrected chi connectivity index (χ0v) is 71.0. The Kier molecular flexibility index (Phi) is 39.4. The van der Waals surface area contributed by atoms with E-state index in [4.69, 9.17) is 39.8 Å². The van der Waals surface area contributed by atoms with Gasteiger partial charge in [0.1, 0.15) is 23.0 Å². The van der Waals surface area contributed by atoms with E-state index in [0.717, 1.165) is 110 Å². The van der Waals surface area contributed by atoms with Crippen LogP contribution >= 0.6 is 0 Å². The molecule has 1 unspecified atom stereocenters. The number of hydrogen-bond donors (Lipinski definition) is 6. The molecule has 2 saturated carbocycles. The minimum atomic E-state index is -4.11. The summed E-state index contributed by atoms with van der Waals surface area (Å²) in [6.07, 6.45) is 4.68. The number of phenols is 4. The summed E-state index contributed by atoms with van der Waals surface area (Å²) in [6.45, 7) is 53.9. The number of phenolic OH excluding ortho intramolecular Hbond substituents is 4. The first-order chi connectivity index (χ1) is 46.1. The van der Waals surface area contributed by atoms with Crippen LogP contribution in [-0.4, -0.2) is 129 Å². The molecule has 8 rings (SSSR count). The standard InChI is InChI=1S/2C36H54N2O2.2C3H3F3O.2C2H4O2.CH3.3Co/c2*1-33(2,3)25-17-23(31(39)27(19-25)35(7,8)9)21-37-29-15-13-14-16-30(29)38-22-24-18-26(34(4,5)6)20-28(32(24)40)36(10,11)12;2*4-3(5,6)2-1-7-2;2*1-2(3)4;;;;/h2*17-22,29-30,39-40H,13-16H2,1-12H3;2*2H,1H2;2*1H3,(H,3,4);1H3;;;/q;;;;;;-1;;;/t2*29-,30-;2-;;;;;;;/m001......./s1. The van der Waals surface area contributed by atoms with Crippen molar-refractivity contribution in [1.82, 2.24) is 0 Å². The van der Waals surface area contributed by atoms with Gasteiger partial charge in [-0.25, -0.2) is 0 Å². The van der Waals surface area contributed by atoms with E-state index in [0.29, 0.717) is 23.0 Å². The number of aliphatic imine (C=N–C) groups is 4. The van der Waals surface area contributed by atoms with Crippen LogP contribution in [0, 0.1) is 7.43 Å². The first-order valence-corrected chi connectivity index (χ1v) is 35.5. The molecule has 0 bridgehead atoms. The van der Waals surface area contributed by atoms with E-state index in [1.807, 2.05) is 24.9 Å². The predicted molar refractivity (Wildman–Crippen MR) is 409 cm³/mol. The zero-order chi connectivity index (χ0) is 78.7. The van der Waals surface area contributed by atoms with Gasteiger partial charge in [-0.2, -0.15) is 26.3 Å². The van der Waals surface area contributed by atoms with E-state index < -0.39 is 36.5 Å². The number of halogens is 6. The van der Waals surface area contributed by atoms with Crippen LogP contribution in [0.15, 0.2) is 68.5 Å². The van der Waals surface area contributed by atoms with Gasteiger partial charge in [0.15, 0.2) is 12.2 Å². The second-order valence-corrected chi connectivity index (χ2v) is 35.6. The van der Waals surface area contributed by atoms with Crippen LogP contribution in [0.2, 0.25) is 0 Å². The fraction of sp³-hybridized carbons (Fsp3) is 0.627. The Morgan fingerprint density at radius 3 is 0.604 bits per heavy atom. The van der Waals surface area contributed by atoms with E-state index in [1.165, 1.54) is 22.3 Å². The smallest absolute Gasteiger partial charge is 0.416 e. The SMILES string of the molecule is CC(=O)O.CC(=O)O.CC(C)(C)c1cc(C=N[C@H]2CCCC[C@@H]2N=Cc2cc(C(C)(C)C)cc(C(C)(C)C)c2O)c(O)c(C(C)(C)C)c1.CC(C)(C)c1cc(C=N[C@H]2CCCC[C@@H]2N=Cc2cc(C(C)(C)C)cc(C(C)(C)C)c2O)c(O)c(C(C)(C)C)c1.FC(F)(F)C1CO1.FC(F)(F)[C@H]1CO1.[CH3-].[Co].[Co].[Co]. The predicted octanol–water partition coefficient (Wildman–Crippen LogP) is 20.8. The number of hydrogen-bond acceptors (Lipinski definition) is 12. The summed E-state index contributed by atoms with van der Waals surface area (Å²) in [4.78, 5) is 38.1. The Hall–Kier alpha value is -5.28. The summed E-state index contributed by atoms with van der Waals surface area (Å²) in [5, 5.41) is 59.7. The largest absolute Gasteiger partial charge is 0.507 e. The second-order valence-electron chi connectivity index (χ2n) is 35.6. The fourth-order valence-electron chi connectivity index (χ4n) is 11.1. The van der Waals surface area contributed by atoms with Gasteiger partial charge in [-0.3, -0.25) is 29.6 Å². The molecule has 23 heteroatoms. The summed E-state index contributed by atoms with van der Waals surface area (Å²) in [5.41, 5.74) is 10.8. The quantitative estimate of drug-likeness (QED) is 0.0423. The molecule has 106 heavy (non-hydrogen) atoms. The van der Waals surface area contributed by atoms with Crippen molar-refractivity contribution >= 4 is 36.8 Å². The number of alkyl halides is 6. The molecule has 0 aromatic heterocycles. The van der Waals surface area contributed by atoms with Crippen molar-refractivity contribution in [2.75, 3.05) is 13.2 Å². The van der Waals surface area contributed by atoms with Gasteiger partial charge in [0, 0.05) is 134 Å². The van der Waals surface area contributed by atoms with Crippen molar-refractivity contribution in [2.24, 2.45) is 20.0 Å². The third-order valence-corrected chi connectivity index (χ3v) is 17.7. The van der Waals surface area contributed by atoms with Crippen molar-refractivity contribution in [3.63, 3.8) is 0 Å². The fourth-order valence-corrected chi connectivity index (χ4v) is 11.1. The van der Waals surface area contributed by atoms with Crippen LogP contribution in [0.1, 0.15) is 298 Å². The van der Waals surface area contributed by atoms with Crippen LogP contribution in [0.5, 0.6) is 23.0 Å². The monoisotopic (exact) mass is 1630 g/mol. The molecule has 4 fully saturated rings. The number of epoxide rings is 2. The molecule has 2 aliphatic carbocycles. The molecule has 2 saturated heterocycles. The van der Waals surface area contributed by atoms with Gasteiger partial charge < -0.3 is 47.5 Å². The van der Waals surface area contributed by atoms with Gasteiger partial charge in [0.25, 0.3) is 11.9 Å². The normalized spacial score (nSPS) is 19.3. The summed E-state index contributed by atoms with van der Waals surface area (Å²) in [6, 6.07) is 17.1. The maximum absolute atomic E-state index is 11.2. The number of benzene rings is 4. The van der Waals surface area contributed by atoms with Crippen molar-refractivity contribution in [3.8, 4) is 23.0 Å². The van der Waals surface area contributed by atoms with Gasteiger partial charge >= 0.3 is 12.4 Å². The third kappa shape index (κ3) is 33.9. The van der Waals surface area contributed by atoms with Crippen LogP contribution in [0.3, 0.4) is 0 Å². The number of carboxylic acid groups (broad SMARTS) is 2. The Morgan fingerprint density at radius 1 is 0.349 bits per heavy atom. The van der Waals surface area contributed by atoms with Crippen LogP contribution in [0.4, 0.5) is 26.3 Å². The molecule has 4 aromatic carbocycles. The van der Waals surface area contributed by atoms with Gasteiger partial charge in [-0.15, -0.1) is 0 Å². The molecule has 6 atom stereocenters. The Bertz CT molecular complexity index is 3140. The summed E-state index contributed by atoms with van der Waals surface area (Å²) < 4.78 is 74.6. The molecule has 4 aromatic rings. The molecule has 3 radical (unpaired) electrons. The number of carbonyl (C=O) groups is 2. The molecule has 2 aliphatic heterocycles. The van der Waals surface area contributed by atoms with Gasteiger partial charge in [0.2, 0.25) is 0 Å². The topological polar surface area (TPSA) is 230 Å². The molecule has 6 N–H and O–H groups in total. The summed E-state index contributed by atoms with van der Waals surface area (Å²) >= 11 is 0. The van der Waals surface area contributed by atoms with E-state index in [2.05, 4.69) is 224 Å². The maximum atomic E-state index is 11.2. The number of ether oxygens (including phenoxy) is 2. The molecule has 0 spiro atoms. The molecule has 4 aliphatic rings. The van der Waals surface area contributed by atoms with Crippen LogP contribution < -0.4 is 0 Å². The molecular formula is C83H125Co3F6N4O10-.